The quantitative estimate of drug-likeness (QED) is 0.575. The molecule has 0 aliphatic heterocycles. The molecule has 0 aliphatic rings. The Kier molecular flexibility index (Phi) is 2.59. The fourth-order valence-corrected chi connectivity index (χ4v) is 1.43. The Labute approximate surface area is 90.5 Å². The number of hydrogen-bond donors (Lipinski definition) is 0. The van der Waals surface area contributed by atoms with Crippen molar-refractivity contribution in [2.75, 3.05) is 0 Å². The smallest absolute Gasteiger partial charge is 0.258 e. The second-order valence-corrected chi connectivity index (χ2v) is 3.16. The van der Waals surface area contributed by atoms with Gasteiger partial charge in [-0.05, 0) is 23.8 Å². The Bertz CT molecular complexity index is 543. The van der Waals surface area contributed by atoms with E-state index >= 15 is 0 Å². The zero-order valence-corrected chi connectivity index (χ0v) is 8.13. The molecule has 2 rings (SSSR count). The summed E-state index contributed by atoms with van der Waals surface area (Å²) in [5.74, 6) is -0.427. The molecule has 2 aromatic rings. The van der Waals surface area contributed by atoms with Crippen molar-refractivity contribution in [2.45, 2.75) is 0 Å². The third kappa shape index (κ3) is 1.88. The lowest BCUT2D eigenvalue weighted by molar-refractivity contribution is -0.384. The van der Waals surface area contributed by atoms with Gasteiger partial charge in [-0.25, -0.2) is 4.39 Å². The zero-order chi connectivity index (χ0) is 11.5. The van der Waals surface area contributed by atoms with Gasteiger partial charge < -0.3 is 0 Å². The molecule has 0 saturated heterocycles. The Balaban J connectivity index is 2.60. The van der Waals surface area contributed by atoms with Crippen LogP contribution >= 0.6 is 0 Å². The molecule has 5 heteroatoms. The molecule has 0 N–H and O–H groups in total. The Morgan fingerprint density at radius 1 is 1.31 bits per heavy atom. The van der Waals surface area contributed by atoms with Crippen LogP contribution in [0.3, 0.4) is 0 Å². The maximum absolute atomic E-state index is 13.0. The normalized spacial score (nSPS) is 10.1. The van der Waals surface area contributed by atoms with Crippen molar-refractivity contribution in [3.05, 3.63) is 58.7 Å². The average molecular weight is 218 g/mol. The predicted molar refractivity (Wildman–Crippen MR) is 56.3 cm³/mol. The van der Waals surface area contributed by atoms with E-state index < -0.39 is 10.7 Å². The third-order valence-electron chi connectivity index (χ3n) is 2.13. The van der Waals surface area contributed by atoms with E-state index in [4.69, 9.17) is 0 Å². The van der Waals surface area contributed by atoms with Crippen LogP contribution in [0.1, 0.15) is 0 Å². The zero-order valence-electron chi connectivity index (χ0n) is 8.13. The summed E-state index contributed by atoms with van der Waals surface area (Å²) in [4.78, 5) is 13.9. The van der Waals surface area contributed by atoms with Gasteiger partial charge in [-0.1, -0.05) is 12.1 Å². The summed E-state index contributed by atoms with van der Waals surface area (Å²) in [7, 11) is 0. The van der Waals surface area contributed by atoms with Gasteiger partial charge in [0.1, 0.15) is 12.0 Å². The maximum atomic E-state index is 13.0. The number of pyridine rings is 1. The minimum absolute atomic E-state index is 0.131. The van der Waals surface area contributed by atoms with Gasteiger partial charge in [0.15, 0.2) is 0 Å². The molecular formula is C11H7FN2O2. The highest BCUT2D eigenvalue weighted by Gasteiger charge is 2.14. The van der Waals surface area contributed by atoms with E-state index in [-0.39, 0.29) is 5.69 Å². The van der Waals surface area contributed by atoms with Gasteiger partial charge >= 0.3 is 0 Å². The molecule has 16 heavy (non-hydrogen) atoms. The molecule has 0 bridgehead atoms. The second-order valence-electron chi connectivity index (χ2n) is 3.16. The molecule has 0 unspecified atom stereocenters. The number of benzene rings is 1. The molecule has 0 saturated carbocycles. The van der Waals surface area contributed by atoms with Crippen LogP contribution in [0.15, 0.2) is 42.7 Å². The summed E-state index contributed by atoms with van der Waals surface area (Å²) in [6.07, 6.45) is 2.59. The van der Waals surface area contributed by atoms with Gasteiger partial charge in [-0.2, -0.15) is 0 Å². The van der Waals surface area contributed by atoms with Crippen molar-refractivity contribution < 1.29 is 9.31 Å². The Morgan fingerprint density at radius 3 is 2.81 bits per heavy atom. The monoisotopic (exact) mass is 218 g/mol. The number of aromatic nitrogens is 1. The minimum atomic E-state index is -0.534. The summed E-state index contributed by atoms with van der Waals surface area (Å²) < 4.78 is 13.0. The first-order valence-corrected chi connectivity index (χ1v) is 4.53. The number of hydrogen-bond acceptors (Lipinski definition) is 3. The highest BCUT2D eigenvalue weighted by Crippen LogP contribution is 2.28. The standard InChI is InChI=1S/C11H7FN2O2/c12-9-3-1-2-8(6-9)10-4-5-13-7-11(10)14(15)16/h1-7H. The molecule has 0 amide bonds. The molecule has 0 radical (unpaired) electrons. The van der Waals surface area contributed by atoms with Crippen LogP contribution in [-0.2, 0) is 0 Å². The van der Waals surface area contributed by atoms with Gasteiger partial charge in [-0.3, -0.25) is 15.1 Å². The first-order chi connectivity index (χ1) is 7.68. The van der Waals surface area contributed by atoms with Crippen LogP contribution in [0.4, 0.5) is 10.1 Å². The molecule has 4 nitrogen and oxygen atoms in total. The van der Waals surface area contributed by atoms with Gasteiger partial charge in [0.25, 0.3) is 5.69 Å². The van der Waals surface area contributed by atoms with E-state index in [1.165, 1.54) is 30.5 Å². The third-order valence-corrected chi connectivity index (χ3v) is 2.13. The SMILES string of the molecule is O=[N+]([O-])c1cnccc1-c1cccc(F)c1. The summed E-state index contributed by atoms with van der Waals surface area (Å²) in [6.45, 7) is 0. The Hall–Kier alpha value is -2.30. The largest absolute Gasteiger partial charge is 0.295 e. The molecule has 0 fully saturated rings. The lowest BCUT2D eigenvalue weighted by Crippen LogP contribution is -1.93. The van der Waals surface area contributed by atoms with Crippen LogP contribution in [-0.4, -0.2) is 9.91 Å². The summed E-state index contributed by atoms with van der Waals surface area (Å²) in [5.41, 5.74) is 0.696. The summed E-state index contributed by atoms with van der Waals surface area (Å²) in [6, 6.07) is 7.16. The van der Waals surface area contributed by atoms with Crippen LogP contribution in [0.25, 0.3) is 11.1 Å². The highest BCUT2D eigenvalue weighted by atomic mass is 19.1. The van der Waals surface area contributed by atoms with E-state index in [0.717, 1.165) is 6.20 Å². The van der Waals surface area contributed by atoms with E-state index in [1.807, 2.05) is 0 Å². The molecule has 80 valence electrons. The minimum Gasteiger partial charge on any atom is -0.258 e. The van der Waals surface area contributed by atoms with Crippen molar-refractivity contribution in [1.82, 2.24) is 4.98 Å². The number of rotatable bonds is 2. The molecule has 1 heterocycles. The molecule has 0 spiro atoms. The van der Waals surface area contributed by atoms with Crippen molar-refractivity contribution >= 4 is 5.69 Å². The van der Waals surface area contributed by atoms with E-state index in [1.54, 1.807) is 6.07 Å². The maximum Gasteiger partial charge on any atom is 0.295 e. The Morgan fingerprint density at radius 2 is 2.12 bits per heavy atom. The van der Waals surface area contributed by atoms with Crippen LogP contribution in [0, 0.1) is 15.9 Å². The van der Waals surface area contributed by atoms with Crippen molar-refractivity contribution in [3.63, 3.8) is 0 Å². The first-order valence-electron chi connectivity index (χ1n) is 4.53. The van der Waals surface area contributed by atoms with E-state index in [9.17, 15) is 14.5 Å². The van der Waals surface area contributed by atoms with Crippen LogP contribution in [0.2, 0.25) is 0 Å². The average Bonchev–Trinajstić information content (AvgIpc) is 2.29. The molecule has 1 aromatic heterocycles. The fourth-order valence-electron chi connectivity index (χ4n) is 1.43. The fraction of sp³-hybridized carbons (Fsp3) is 0. The van der Waals surface area contributed by atoms with Gasteiger partial charge in [0.2, 0.25) is 0 Å². The summed E-state index contributed by atoms with van der Waals surface area (Å²) in [5, 5.41) is 10.8. The molecule has 0 aliphatic carbocycles. The van der Waals surface area contributed by atoms with Gasteiger partial charge in [0, 0.05) is 6.20 Å². The molecule has 1 aromatic carbocycles. The topological polar surface area (TPSA) is 56.0 Å². The lowest BCUT2D eigenvalue weighted by Gasteiger charge is -2.02. The van der Waals surface area contributed by atoms with E-state index in [0.29, 0.717) is 11.1 Å². The lowest BCUT2D eigenvalue weighted by atomic mass is 10.1. The summed E-state index contributed by atoms with van der Waals surface area (Å²) >= 11 is 0. The number of nitrogens with zero attached hydrogens (tertiary/aromatic N) is 2. The molecule has 0 atom stereocenters. The highest BCUT2D eigenvalue weighted by molar-refractivity contribution is 5.72. The molecular weight excluding hydrogens is 211 g/mol. The van der Waals surface area contributed by atoms with Crippen LogP contribution < -0.4 is 0 Å². The van der Waals surface area contributed by atoms with Gasteiger partial charge in [0.05, 0.1) is 10.5 Å². The van der Waals surface area contributed by atoms with Crippen LogP contribution in [0.5, 0.6) is 0 Å². The number of nitro groups is 1. The van der Waals surface area contributed by atoms with E-state index in [2.05, 4.69) is 4.98 Å². The predicted octanol–water partition coefficient (Wildman–Crippen LogP) is 2.80. The second kappa shape index (κ2) is 4.06. The van der Waals surface area contributed by atoms with Crippen molar-refractivity contribution in [3.8, 4) is 11.1 Å². The van der Waals surface area contributed by atoms with Crippen molar-refractivity contribution in [2.24, 2.45) is 0 Å². The number of halogens is 1. The van der Waals surface area contributed by atoms with Gasteiger partial charge in [-0.15, -0.1) is 0 Å². The first kappa shape index (κ1) is 10.2. The van der Waals surface area contributed by atoms with Crippen molar-refractivity contribution in [1.29, 1.82) is 0 Å².